The van der Waals surface area contributed by atoms with Crippen LogP contribution in [-0.2, 0) is 0 Å². The number of hydrogen-bond donors (Lipinski definition) is 1. The van der Waals surface area contributed by atoms with Gasteiger partial charge in [-0.05, 0) is 18.8 Å². The molecule has 0 aromatic rings. The van der Waals surface area contributed by atoms with Crippen molar-refractivity contribution in [3.05, 3.63) is 0 Å². The highest BCUT2D eigenvalue weighted by molar-refractivity contribution is 4.80. The third kappa shape index (κ3) is 1.13. The van der Waals surface area contributed by atoms with Crippen LogP contribution in [0.15, 0.2) is 0 Å². The van der Waals surface area contributed by atoms with Gasteiger partial charge in [0.05, 0.1) is 6.61 Å². The van der Waals surface area contributed by atoms with Crippen LogP contribution >= 0.6 is 0 Å². The first-order valence-electron chi connectivity index (χ1n) is 2.59. The van der Waals surface area contributed by atoms with E-state index in [1.54, 1.807) is 0 Å². The Labute approximate surface area is 42.2 Å². The number of aliphatic hydroxyl groups is 1. The van der Waals surface area contributed by atoms with Gasteiger partial charge in [0.1, 0.15) is 6.17 Å². The third-order valence-electron chi connectivity index (χ3n) is 1.31. The lowest BCUT2D eigenvalue weighted by Crippen LogP contribution is -2.07. The third-order valence-corrected chi connectivity index (χ3v) is 1.31. The Balaban J connectivity index is 2.10. The van der Waals surface area contributed by atoms with Crippen molar-refractivity contribution in [1.29, 1.82) is 0 Å². The molecule has 1 rings (SSSR count). The van der Waals surface area contributed by atoms with E-state index < -0.39 is 6.17 Å². The van der Waals surface area contributed by atoms with Crippen molar-refractivity contribution in [1.82, 2.24) is 0 Å². The maximum absolute atomic E-state index is 12.1. The van der Waals surface area contributed by atoms with Crippen molar-refractivity contribution in [3.8, 4) is 0 Å². The highest BCUT2D eigenvalue weighted by Crippen LogP contribution is 2.33. The second-order valence-corrected chi connectivity index (χ2v) is 2.04. The zero-order chi connectivity index (χ0) is 5.28. The van der Waals surface area contributed by atoms with Gasteiger partial charge in [0.2, 0.25) is 0 Å². The second-order valence-electron chi connectivity index (χ2n) is 2.04. The van der Waals surface area contributed by atoms with E-state index in [0.29, 0.717) is 0 Å². The molecule has 0 bridgehead atoms. The predicted molar refractivity (Wildman–Crippen MR) is 24.7 cm³/mol. The van der Waals surface area contributed by atoms with Crippen LogP contribution in [0.5, 0.6) is 0 Å². The average molecular weight is 104 g/mol. The molecule has 7 heavy (non-hydrogen) atoms. The fourth-order valence-electron chi connectivity index (χ4n) is 0.607. The van der Waals surface area contributed by atoms with E-state index in [1.165, 1.54) is 0 Å². The molecule has 1 N–H and O–H groups in total. The van der Waals surface area contributed by atoms with Crippen LogP contribution in [-0.4, -0.2) is 17.9 Å². The predicted octanol–water partition coefficient (Wildman–Crippen LogP) is 0.727. The molecule has 42 valence electrons. The van der Waals surface area contributed by atoms with Crippen molar-refractivity contribution < 1.29 is 9.50 Å². The minimum Gasteiger partial charge on any atom is -0.393 e. The van der Waals surface area contributed by atoms with Gasteiger partial charge in [0.15, 0.2) is 0 Å². The smallest absolute Gasteiger partial charge is 0.126 e. The van der Waals surface area contributed by atoms with Crippen molar-refractivity contribution in [3.63, 3.8) is 0 Å². The van der Waals surface area contributed by atoms with Crippen molar-refractivity contribution in [2.75, 3.05) is 6.61 Å². The summed E-state index contributed by atoms with van der Waals surface area (Å²) in [6.45, 7) is -0.287. The maximum atomic E-state index is 12.1. The van der Waals surface area contributed by atoms with Crippen LogP contribution < -0.4 is 0 Å². The fraction of sp³-hybridized carbons (Fsp3) is 1.00. The van der Waals surface area contributed by atoms with Gasteiger partial charge >= 0.3 is 0 Å². The number of hydrogen-bond acceptors (Lipinski definition) is 1. The molecule has 2 heteroatoms. The summed E-state index contributed by atoms with van der Waals surface area (Å²) < 4.78 is 12.1. The van der Waals surface area contributed by atoms with Crippen molar-refractivity contribution >= 4 is 0 Å². The van der Waals surface area contributed by atoms with Gasteiger partial charge in [-0.15, -0.1) is 0 Å². The molecule has 0 heterocycles. The van der Waals surface area contributed by atoms with E-state index in [9.17, 15) is 4.39 Å². The Kier molecular flexibility index (Phi) is 1.28. The van der Waals surface area contributed by atoms with E-state index in [0.717, 1.165) is 12.8 Å². The van der Waals surface area contributed by atoms with Crippen LogP contribution in [0.1, 0.15) is 12.8 Å². The first kappa shape index (κ1) is 5.04. The van der Waals surface area contributed by atoms with Gasteiger partial charge in [0.25, 0.3) is 0 Å². The molecule has 1 saturated carbocycles. The van der Waals surface area contributed by atoms with E-state index in [-0.39, 0.29) is 12.5 Å². The summed E-state index contributed by atoms with van der Waals surface area (Å²) in [7, 11) is 0. The Bertz CT molecular complexity index is 61.1. The van der Waals surface area contributed by atoms with Crippen molar-refractivity contribution in [2.24, 2.45) is 5.92 Å². The fourth-order valence-corrected chi connectivity index (χ4v) is 0.607. The van der Waals surface area contributed by atoms with Gasteiger partial charge in [-0.2, -0.15) is 0 Å². The second kappa shape index (κ2) is 1.78. The van der Waals surface area contributed by atoms with E-state index in [4.69, 9.17) is 5.11 Å². The summed E-state index contributed by atoms with van der Waals surface area (Å²) in [6.07, 6.45) is 1.02. The zero-order valence-corrected chi connectivity index (χ0v) is 4.10. The van der Waals surface area contributed by atoms with Crippen LogP contribution in [0.25, 0.3) is 0 Å². The molecule has 1 nitrogen and oxygen atoms in total. The van der Waals surface area contributed by atoms with Crippen molar-refractivity contribution in [2.45, 2.75) is 19.0 Å². The minimum atomic E-state index is -0.931. The summed E-state index contributed by atoms with van der Waals surface area (Å²) >= 11 is 0. The Hall–Kier alpha value is -0.110. The van der Waals surface area contributed by atoms with Gasteiger partial charge in [-0.3, -0.25) is 0 Å². The van der Waals surface area contributed by atoms with Gasteiger partial charge in [-0.1, -0.05) is 0 Å². The number of rotatable bonds is 2. The number of alkyl halides is 1. The molecule has 0 radical (unpaired) electrons. The molecule has 0 aliphatic heterocycles. The summed E-state index contributed by atoms with van der Waals surface area (Å²) in [5.74, 6) is 0.199. The van der Waals surface area contributed by atoms with Gasteiger partial charge < -0.3 is 5.11 Å². The first-order valence-corrected chi connectivity index (χ1v) is 2.59. The summed E-state index contributed by atoms with van der Waals surface area (Å²) in [5, 5.41) is 8.17. The molecule has 1 fully saturated rings. The SMILES string of the molecule is OCC(F)C1CC1. The highest BCUT2D eigenvalue weighted by atomic mass is 19.1. The van der Waals surface area contributed by atoms with Crippen LogP contribution in [0, 0.1) is 5.92 Å². The topological polar surface area (TPSA) is 20.2 Å². The molecule has 0 aromatic carbocycles. The Morgan fingerprint density at radius 2 is 2.29 bits per heavy atom. The van der Waals surface area contributed by atoms with Gasteiger partial charge in [-0.25, -0.2) is 4.39 Å². The first-order chi connectivity index (χ1) is 3.34. The van der Waals surface area contributed by atoms with E-state index in [2.05, 4.69) is 0 Å². The van der Waals surface area contributed by atoms with E-state index >= 15 is 0 Å². The molecular formula is C5H9FO. The van der Waals surface area contributed by atoms with Crippen LogP contribution in [0.3, 0.4) is 0 Å². The molecule has 0 saturated heterocycles. The number of aliphatic hydroxyl groups excluding tert-OH is 1. The summed E-state index contributed by atoms with van der Waals surface area (Å²) in [5.41, 5.74) is 0. The lowest BCUT2D eigenvalue weighted by Gasteiger charge is -1.96. The average Bonchev–Trinajstić information content (AvgIpc) is 2.44. The summed E-state index contributed by atoms with van der Waals surface area (Å²) in [4.78, 5) is 0. The standard InChI is InChI=1S/C5H9FO/c6-5(3-7)4-1-2-4/h4-5,7H,1-3H2. The summed E-state index contributed by atoms with van der Waals surface area (Å²) in [6, 6.07) is 0. The lowest BCUT2D eigenvalue weighted by molar-refractivity contribution is 0.160. The highest BCUT2D eigenvalue weighted by Gasteiger charge is 2.30. The molecule has 0 amide bonds. The molecule has 0 spiro atoms. The monoisotopic (exact) mass is 104 g/mol. The molecule has 1 aliphatic carbocycles. The zero-order valence-electron chi connectivity index (χ0n) is 4.10. The normalized spacial score (nSPS) is 24.9. The van der Waals surface area contributed by atoms with Crippen LogP contribution in [0.4, 0.5) is 4.39 Å². The molecule has 1 unspecified atom stereocenters. The lowest BCUT2D eigenvalue weighted by atomic mass is 10.3. The Morgan fingerprint density at radius 1 is 1.71 bits per heavy atom. The molecule has 1 atom stereocenters. The Morgan fingerprint density at radius 3 is 2.43 bits per heavy atom. The maximum Gasteiger partial charge on any atom is 0.126 e. The van der Waals surface area contributed by atoms with E-state index in [1.807, 2.05) is 0 Å². The van der Waals surface area contributed by atoms with Crippen LogP contribution in [0.2, 0.25) is 0 Å². The van der Waals surface area contributed by atoms with Gasteiger partial charge in [0, 0.05) is 0 Å². The minimum absolute atomic E-state index is 0.199. The molecule has 0 aromatic heterocycles. The molecule has 1 aliphatic rings. The quantitative estimate of drug-likeness (QED) is 0.547. The molecular weight excluding hydrogens is 95.1 g/mol. The largest absolute Gasteiger partial charge is 0.393 e. The number of halogens is 1.